The summed E-state index contributed by atoms with van der Waals surface area (Å²) >= 11 is 5.79. The number of allylic oxidation sites excluding steroid dienone is 2. The number of nitrogens with zero attached hydrogens (tertiary/aromatic N) is 3. The first-order valence-electron chi connectivity index (χ1n) is 4.48. The minimum Gasteiger partial charge on any atom is -0.258 e. The van der Waals surface area contributed by atoms with Gasteiger partial charge in [-0.2, -0.15) is 0 Å². The fourth-order valence-corrected chi connectivity index (χ4v) is 1.38. The molecule has 1 aromatic rings. The van der Waals surface area contributed by atoms with Crippen LogP contribution in [0.15, 0.2) is 35.0 Å². The molecule has 0 aliphatic heterocycles. The minimum atomic E-state index is -0.499. The molecule has 0 radical (unpaired) electrons. The predicted molar refractivity (Wildman–Crippen MR) is 61.9 cm³/mol. The molecule has 1 aromatic carbocycles. The van der Waals surface area contributed by atoms with Crippen molar-refractivity contribution < 1.29 is 4.92 Å². The van der Waals surface area contributed by atoms with E-state index in [-0.39, 0.29) is 22.8 Å². The first-order chi connectivity index (χ1) is 8.08. The third-order valence-electron chi connectivity index (χ3n) is 1.98. The van der Waals surface area contributed by atoms with Crippen LogP contribution >= 0.6 is 11.6 Å². The van der Waals surface area contributed by atoms with Crippen molar-refractivity contribution in [3.05, 3.63) is 62.1 Å². The number of nitro groups is 1. The Labute approximate surface area is 103 Å². The first-order valence-corrected chi connectivity index (χ1v) is 4.85. The summed E-state index contributed by atoms with van der Waals surface area (Å²) in [5.41, 5.74) is 0.529. The molecule has 5 nitrogen and oxygen atoms in total. The van der Waals surface area contributed by atoms with Gasteiger partial charge in [0.15, 0.2) is 0 Å². The number of nitriles is 1. The molecular formula is C11H6ClN3O2. The van der Waals surface area contributed by atoms with E-state index in [0.29, 0.717) is 5.56 Å². The molecular weight excluding hydrogens is 242 g/mol. The zero-order valence-corrected chi connectivity index (χ0v) is 9.31. The molecule has 0 bridgehead atoms. The van der Waals surface area contributed by atoms with Gasteiger partial charge in [0.25, 0.3) is 11.4 Å². The molecule has 0 heterocycles. The topological polar surface area (TPSA) is 71.3 Å². The molecule has 0 saturated carbocycles. The summed E-state index contributed by atoms with van der Waals surface area (Å²) in [7, 11) is 0. The van der Waals surface area contributed by atoms with Crippen molar-refractivity contribution >= 4 is 17.3 Å². The standard InChI is InChI=1S/C11H6ClN3O2/c1-14-11(7-13)10(12)6-8-2-4-9(5-3-8)15(16)17/h2-5H,6H2/b11-10-. The lowest BCUT2D eigenvalue weighted by molar-refractivity contribution is -0.384. The number of halogens is 1. The smallest absolute Gasteiger partial charge is 0.258 e. The van der Waals surface area contributed by atoms with E-state index in [4.69, 9.17) is 23.4 Å². The number of nitro benzene ring substituents is 1. The van der Waals surface area contributed by atoms with Crippen molar-refractivity contribution in [1.29, 1.82) is 5.26 Å². The SMILES string of the molecule is [C-]#[N+]/C(C#N)=C(\Cl)Cc1ccc([N+](=O)[O-])cc1. The molecule has 0 spiro atoms. The number of non-ortho nitro benzene ring substituents is 1. The van der Waals surface area contributed by atoms with E-state index in [1.807, 2.05) is 0 Å². The summed E-state index contributed by atoms with van der Waals surface area (Å²) in [6.07, 6.45) is 0.213. The Kier molecular flexibility index (Phi) is 4.21. The van der Waals surface area contributed by atoms with Gasteiger partial charge < -0.3 is 0 Å². The maximum Gasteiger partial charge on any atom is 0.276 e. The lowest BCUT2D eigenvalue weighted by Crippen LogP contribution is -1.90. The molecule has 17 heavy (non-hydrogen) atoms. The lowest BCUT2D eigenvalue weighted by Gasteiger charge is -1.99. The van der Waals surface area contributed by atoms with E-state index in [1.54, 1.807) is 18.2 Å². The molecule has 0 aliphatic rings. The second-order valence-corrected chi connectivity index (χ2v) is 3.53. The van der Waals surface area contributed by atoms with Crippen LogP contribution in [0.25, 0.3) is 4.85 Å². The van der Waals surface area contributed by atoms with E-state index < -0.39 is 4.92 Å². The van der Waals surface area contributed by atoms with Gasteiger partial charge in [-0.25, -0.2) is 10.1 Å². The fraction of sp³-hybridized carbons (Fsp3) is 0.0909. The average Bonchev–Trinajstić information content (AvgIpc) is 2.31. The fourth-order valence-electron chi connectivity index (χ4n) is 1.14. The summed E-state index contributed by atoms with van der Waals surface area (Å²) in [5, 5.41) is 19.2. The molecule has 1 rings (SSSR count). The van der Waals surface area contributed by atoms with Gasteiger partial charge in [0.05, 0.1) is 17.6 Å². The van der Waals surface area contributed by atoms with Gasteiger partial charge in [0, 0.05) is 17.2 Å². The summed E-state index contributed by atoms with van der Waals surface area (Å²) in [6, 6.07) is 7.47. The van der Waals surface area contributed by atoms with Crippen LogP contribution in [0.3, 0.4) is 0 Å². The molecule has 0 amide bonds. The highest BCUT2D eigenvalue weighted by Crippen LogP contribution is 2.19. The van der Waals surface area contributed by atoms with E-state index in [0.717, 1.165) is 0 Å². The van der Waals surface area contributed by atoms with Crippen LogP contribution in [0.1, 0.15) is 5.56 Å². The van der Waals surface area contributed by atoms with Gasteiger partial charge in [-0.1, -0.05) is 12.1 Å². The Hall–Kier alpha value is -2.37. The second-order valence-electron chi connectivity index (χ2n) is 3.08. The monoisotopic (exact) mass is 247 g/mol. The van der Waals surface area contributed by atoms with Crippen LogP contribution in [0.2, 0.25) is 0 Å². The van der Waals surface area contributed by atoms with Gasteiger partial charge in [0.2, 0.25) is 0 Å². The Bertz CT molecular complexity index is 534. The van der Waals surface area contributed by atoms with Crippen LogP contribution in [0.5, 0.6) is 0 Å². The van der Waals surface area contributed by atoms with Crippen molar-refractivity contribution in [2.75, 3.05) is 0 Å². The second kappa shape index (κ2) is 5.64. The lowest BCUT2D eigenvalue weighted by atomic mass is 10.1. The Morgan fingerprint density at radius 2 is 2.12 bits per heavy atom. The predicted octanol–water partition coefficient (Wildman–Crippen LogP) is 3.03. The van der Waals surface area contributed by atoms with Crippen LogP contribution < -0.4 is 0 Å². The zero-order chi connectivity index (χ0) is 12.8. The van der Waals surface area contributed by atoms with Crippen LogP contribution in [0.4, 0.5) is 5.69 Å². The van der Waals surface area contributed by atoms with E-state index in [2.05, 4.69) is 4.85 Å². The molecule has 0 aliphatic carbocycles. The number of rotatable bonds is 3. The quantitative estimate of drug-likeness (QED) is 0.357. The normalized spacial score (nSPS) is 11.0. The molecule has 0 aromatic heterocycles. The third kappa shape index (κ3) is 3.30. The Balaban J connectivity index is 2.92. The molecule has 0 saturated heterocycles. The summed E-state index contributed by atoms with van der Waals surface area (Å²) < 4.78 is 0. The maximum atomic E-state index is 10.4. The van der Waals surface area contributed by atoms with E-state index >= 15 is 0 Å². The Morgan fingerprint density at radius 3 is 2.53 bits per heavy atom. The number of hydrogen-bond acceptors (Lipinski definition) is 3. The first kappa shape index (κ1) is 12.7. The third-order valence-corrected chi connectivity index (χ3v) is 2.29. The highest BCUT2D eigenvalue weighted by atomic mass is 35.5. The van der Waals surface area contributed by atoms with Gasteiger partial charge in [-0.15, -0.1) is 11.6 Å². The molecule has 0 atom stereocenters. The van der Waals surface area contributed by atoms with Gasteiger partial charge in [0.1, 0.15) is 0 Å². The largest absolute Gasteiger partial charge is 0.276 e. The van der Waals surface area contributed by atoms with E-state index in [1.165, 1.54) is 12.1 Å². The van der Waals surface area contributed by atoms with Crippen molar-refractivity contribution in [1.82, 2.24) is 0 Å². The molecule has 0 fully saturated rings. The maximum absolute atomic E-state index is 10.4. The van der Waals surface area contributed by atoms with Crippen LogP contribution in [-0.2, 0) is 6.42 Å². The Morgan fingerprint density at radius 1 is 1.53 bits per heavy atom. The average molecular weight is 248 g/mol. The van der Waals surface area contributed by atoms with Crippen molar-refractivity contribution in [3.63, 3.8) is 0 Å². The highest BCUT2D eigenvalue weighted by molar-refractivity contribution is 6.30. The minimum absolute atomic E-state index is 0.0143. The number of benzene rings is 1. The summed E-state index contributed by atoms with van der Waals surface area (Å²) in [6.45, 7) is 6.72. The van der Waals surface area contributed by atoms with Crippen molar-refractivity contribution in [2.45, 2.75) is 6.42 Å². The van der Waals surface area contributed by atoms with Crippen LogP contribution in [-0.4, -0.2) is 4.92 Å². The molecule has 84 valence electrons. The van der Waals surface area contributed by atoms with Gasteiger partial charge in [-0.3, -0.25) is 10.1 Å². The molecule has 0 unspecified atom stereocenters. The molecule has 6 heteroatoms. The summed E-state index contributed by atoms with van der Waals surface area (Å²) in [4.78, 5) is 12.9. The highest BCUT2D eigenvalue weighted by Gasteiger charge is 2.07. The zero-order valence-electron chi connectivity index (χ0n) is 8.55. The van der Waals surface area contributed by atoms with Crippen molar-refractivity contribution in [3.8, 4) is 6.07 Å². The van der Waals surface area contributed by atoms with Crippen molar-refractivity contribution in [2.24, 2.45) is 0 Å². The summed E-state index contributed by atoms with van der Waals surface area (Å²) in [5.74, 6) is 0. The van der Waals surface area contributed by atoms with Gasteiger partial charge in [-0.05, 0) is 12.0 Å². The van der Waals surface area contributed by atoms with Crippen LogP contribution in [0, 0.1) is 28.0 Å². The van der Waals surface area contributed by atoms with E-state index in [9.17, 15) is 10.1 Å². The number of hydrogen-bond donors (Lipinski definition) is 0. The van der Waals surface area contributed by atoms with Gasteiger partial charge >= 0.3 is 0 Å². The molecule has 0 N–H and O–H groups in total.